The van der Waals surface area contributed by atoms with E-state index in [9.17, 15) is 4.79 Å². The molecule has 4 nitrogen and oxygen atoms in total. The van der Waals surface area contributed by atoms with Crippen LogP contribution >= 0.6 is 22.6 Å². The van der Waals surface area contributed by atoms with Crippen molar-refractivity contribution in [3.8, 4) is 5.75 Å². The van der Waals surface area contributed by atoms with E-state index in [-0.39, 0.29) is 12.3 Å². The molecule has 5 heteroatoms. The molecule has 3 rings (SSSR count). The Morgan fingerprint density at radius 2 is 1.93 bits per heavy atom. The van der Waals surface area contributed by atoms with Gasteiger partial charge in [0.15, 0.2) is 0 Å². The lowest BCUT2D eigenvalue weighted by atomic mass is 9.96. The molecule has 0 bridgehead atoms. The van der Waals surface area contributed by atoms with E-state index in [2.05, 4.69) is 70.5 Å². The molecule has 0 aliphatic rings. The number of hydrogen-bond acceptors (Lipinski definition) is 2. The van der Waals surface area contributed by atoms with Crippen molar-refractivity contribution >= 4 is 39.5 Å². The first-order valence-electron chi connectivity index (χ1n) is 9.01. The Balaban J connectivity index is 2.06. The Bertz CT molecular complexity index is 960. The Morgan fingerprint density at radius 3 is 2.56 bits per heavy atom. The summed E-state index contributed by atoms with van der Waals surface area (Å²) in [7, 11) is 1.67. The molecule has 1 heterocycles. The highest BCUT2D eigenvalue weighted by molar-refractivity contribution is 14.1. The molecular weight excluding hydrogens is 453 g/mol. The lowest BCUT2D eigenvalue weighted by molar-refractivity contribution is -0.137. The number of rotatable bonds is 7. The fourth-order valence-electron chi connectivity index (χ4n) is 3.61. The number of fused-ring (bicyclic) bond motifs is 1. The lowest BCUT2D eigenvalue weighted by Crippen LogP contribution is -2.08. The largest absolute Gasteiger partial charge is 0.497 e. The molecule has 27 heavy (non-hydrogen) atoms. The average Bonchev–Trinajstić information content (AvgIpc) is 2.88. The maximum atomic E-state index is 11.1. The molecule has 0 radical (unpaired) electrons. The molecule has 0 fully saturated rings. The molecule has 3 aromatic rings. The zero-order valence-electron chi connectivity index (χ0n) is 15.8. The predicted molar refractivity (Wildman–Crippen MR) is 117 cm³/mol. The van der Waals surface area contributed by atoms with Crippen LogP contribution in [0, 0.1) is 16.4 Å². The summed E-state index contributed by atoms with van der Waals surface area (Å²) in [5, 5.41) is 10.3. The van der Waals surface area contributed by atoms with Crippen molar-refractivity contribution in [2.45, 2.75) is 33.2 Å². The smallest absolute Gasteiger partial charge is 0.303 e. The first kappa shape index (κ1) is 19.7. The minimum Gasteiger partial charge on any atom is -0.497 e. The SMILES string of the molecule is COc1ccc2c(c1)c(C[C@@H](C)CC(=O)O)c(C)n2Cc1ccc(I)cc1. The summed E-state index contributed by atoms with van der Waals surface area (Å²) in [6.45, 7) is 4.91. The van der Waals surface area contributed by atoms with Crippen LogP contribution < -0.4 is 4.74 Å². The van der Waals surface area contributed by atoms with Crippen LogP contribution in [0.3, 0.4) is 0 Å². The Labute approximate surface area is 173 Å². The van der Waals surface area contributed by atoms with Gasteiger partial charge in [-0.15, -0.1) is 0 Å². The van der Waals surface area contributed by atoms with E-state index in [0.717, 1.165) is 29.6 Å². The summed E-state index contributed by atoms with van der Waals surface area (Å²) in [4.78, 5) is 11.1. The average molecular weight is 477 g/mol. The maximum Gasteiger partial charge on any atom is 0.303 e. The first-order valence-corrected chi connectivity index (χ1v) is 10.1. The second kappa shape index (κ2) is 8.33. The molecule has 0 spiro atoms. The van der Waals surface area contributed by atoms with E-state index in [1.54, 1.807) is 7.11 Å². The lowest BCUT2D eigenvalue weighted by Gasteiger charge is -2.11. The van der Waals surface area contributed by atoms with E-state index in [0.29, 0.717) is 0 Å². The van der Waals surface area contributed by atoms with Gasteiger partial charge < -0.3 is 14.4 Å². The molecule has 0 aliphatic carbocycles. The Morgan fingerprint density at radius 1 is 1.22 bits per heavy atom. The van der Waals surface area contributed by atoms with Crippen LogP contribution in [-0.2, 0) is 17.8 Å². The number of carbonyl (C=O) groups is 1. The van der Waals surface area contributed by atoms with Crippen molar-refractivity contribution < 1.29 is 14.6 Å². The van der Waals surface area contributed by atoms with Crippen molar-refractivity contribution in [1.29, 1.82) is 0 Å². The van der Waals surface area contributed by atoms with Gasteiger partial charge in [-0.1, -0.05) is 19.1 Å². The third-order valence-electron chi connectivity index (χ3n) is 4.99. The molecule has 0 saturated carbocycles. The second-order valence-corrected chi connectivity index (χ2v) is 8.31. The number of aromatic nitrogens is 1. The molecule has 1 atom stereocenters. The van der Waals surface area contributed by atoms with Gasteiger partial charge in [-0.05, 0) is 83.3 Å². The van der Waals surface area contributed by atoms with Gasteiger partial charge >= 0.3 is 5.97 Å². The highest BCUT2D eigenvalue weighted by atomic mass is 127. The molecule has 142 valence electrons. The quantitative estimate of drug-likeness (QED) is 0.472. The van der Waals surface area contributed by atoms with E-state index >= 15 is 0 Å². The monoisotopic (exact) mass is 477 g/mol. The fourth-order valence-corrected chi connectivity index (χ4v) is 3.97. The molecule has 0 amide bonds. The minimum absolute atomic E-state index is 0.0738. The summed E-state index contributed by atoms with van der Waals surface area (Å²) in [6, 6.07) is 14.7. The number of ether oxygens (including phenoxy) is 1. The summed E-state index contributed by atoms with van der Waals surface area (Å²) in [6.07, 6.45) is 0.911. The van der Waals surface area contributed by atoms with Gasteiger partial charge in [0.25, 0.3) is 0 Å². The number of benzene rings is 2. The third kappa shape index (κ3) is 4.46. The predicted octanol–water partition coefficient (Wildman–Crippen LogP) is 5.26. The molecular formula is C22H24INO3. The minimum atomic E-state index is -0.750. The normalized spacial score (nSPS) is 12.3. The van der Waals surface area contributed by atoms with Crippen molar-refractivity contribution in [2.24, 2.45) is 5.92 Å². The first-order chi connectivity index (χ1) is 12.9. The van der Waals surface area contributed by atoms with Crippen molar-refractivity contribution in [3.63, 3.8) is 0 Å². The highest BCUT2D eigenvalue weighted by Gasteiger charge is 2.18. The number of carboxylic acids is 1. The molecule has 1 N–H and O–H groups in total. The Hall–Kier alpha value is -2.02. The van der Waals surface area contributed by atoms with E-state index in [4.69, 9.17) is 9.84 Å². The molecule has 0 saturated heterocycles. The van der Waals surface area contributed by atoms with Gasteiger partial charge in [-0.25, -0.2) is 0 Å². The van der Waals surface area contributed by atoms with Gasteiger partial charge in [0, 0.05) is 33.1 Å². The van der Waals surface area contributed by atoms with Gasteiger partial charge in [-0.3, -0.25) is 4.79 Å². The fraction of sp³-hybridized carbons (Fsp3) is 0.318. The number of carboxylic acid groups (broad SMARTS) is 1. The van der Waals surface area contributed by atoms with E-state index < -0.39 is 5.97 Å². The van der Waals surface area contributed by atoms with E-state index in [1.165, 1.54) is 20.4 Å². The van der Waals surface area contributed by atoms with Crippen molar-refractivity contribution in [1.82, 2.24) is 4.57 Å². The number of nitrogens with zero attached hydrogens (tertiary/aromatic N) is 1. The van der Waals surface area contributed by atoms with Crippen LogP contribution in [0.2, 0.25) is 0 Å². The molecule has 1 aromatic heterocycles. The number of aliphatic carboxylic acids is 1. The summed E-state index contributed by atoms with van der Waals surface area (Å²) in [5.74, 6) is 0.145. The highest BCUT2D eigenvalue weighted by Crippen LogP contribution is 2.32. The zero-order chi connectivity index (χ0) is 19.6. The second-order valence-electron chi connectivity index (χ2n) is 7.07. The molecule has 0 unspecified atom stereocenters. The van der Waals surface area contributed by atoms with Gasteiger partial charge in [0.2, 0.25) is 0 Å². The van der Waals surface area contributed by atoms with E-state index in [1.807, 2.05) is 13.0 Å². The van der Waals surface area contributed by atoms with Crippen LogP contribution in [0.5, 0.6) is 5.75 Å². The molecule has 2 aromatic carbocycles. The third-order valence-corrected chi connectivity index (χ3v) is 5.71. The Kier molecular flexibility index (Phi) is 6.09. The van der Waals surface area contributed by atoms with Crippen LogP contribution in [0.1, 0.15) is 30.2 Å². The van der Waals surface area contributed by atoms with Gasteiger partial charge in [0.05, 0.1) is 7.11 Å². The van der Waals surface area contributed by atoms with Crippen molar-refractivity contribution in [3.05, 3.63) is 62.9 Å². The van der Waals surface area contributed by atoms with Gasteiger partial charge in [0.1, 0.15) is 5.75 Å². The number of hydrogen-bond donors (Lipinski definition) is 1. The number of halogens is 1. The summed E-state index contributed by atoms with van der Waals surface area (Å²) in [5.41, 5.74) is 4.80. The van der Waals surface area contributed by atoms with Crippen LogP contribution in [0.4, 0.5) is 0 Å². The van der Waals surface area contributed by atoms with Crippen molar-refractivity contribution in [2.75, 3.05) is 7.11 Å². The van der Waals surface area contributed by atoms with Crippen LogP contribution in [0.15, 0.2) is 42.5 Å². The summed E-state index contributed by atoms with van der Waals surface area (Å²) < 4.78 is 8.96. The van der Waals surface area contributed by atoms with Crippen LogP contribution in [-0.4, -0.2) is 22.8 Å². The summed E-state index contributed by atoms with van der Waals surface area (Å²) >= 11 is 2.31. The standard InChI is InChI=1S/C22H24INO3/c1-14(11-22(25)26)10-19-15(2)24(13-16-4-6-17(23)7-5-16)21-9-8-18(27-3)12-20(19)21/h4-9,12,14H,10-11,13H2,1-3H3,(H,25,26)/t14-/m1/s1. The zero-order valence-corrected chi connectivity index (χ0v) is 18.0. The van der Waals surface area contributed by atoms with Crippen LogP contribution in [0.25, 0.3) is 10.9 Å². The maximum absolute atomic E-state index is 11.1. The molecule has 0 aliphatic heterocycles. The number of methoxy groups -OCH3 is 1. The topological polar surface area (TPSA) is 51.5 Å². The van der Waals surface area contributed by atoms with Gasteiger partial charge in [-0.2, -0.15) is 0 Å².